The SMILES string of the molecule is Cc1cc(C)cc(-c2cc(-c3ccccc3)cc(-c3ccc(N(c4ccccc4)c4ccc(-c5ccc(-n6c7ccccc7c7ccccc76)cc5)cc4)cc3)c2)c1. The summed E-state index contributed by atoms with van der Waals surface area (Å²) in [5, 5.41) is 2.55. The van der Waals surface area contributed by atoms with Gasteiger partial charge in [-0.25, -0.2) is 0 Å². The fraction of sp³-hybridized carbons (Fsp3) is 0.0357. The van der Waals surface area contributed by atoms with Crippen LogP contribution >= 0.6 is 0 Å². The maximum atomic E-state index is 2.37. The van der Waals surface area contributed by atoms with Crippen LogP contribution in [0.4, 0.5) is 17.1 Å². The Bertz CT molecular complexity index is 2960. The molecule has 9 aromatic carbocycles. The third-order valence-electron chi connectivity index (χ3n) is 11.2. The monoisotopic (exact) mass is 742 g/mol. The number of aryl methyl sites for hydroxylation is 2. The lowest BCUT2D eigenvalue weighted by Crippen LogP contribution is -2.09. The van der Waals surface area contributed by atoms with Gasteiger partial charge in [0.05, 0.1) is 11.0 Å². The Balaban J connectivity index is 0.976. The number of hydrogen-bond acceptors (Lipinski definition) is 1. The minimum Gasteiger partial charge on any atom is -0.311 e. The van der Waals surface area contributed by atoms with Gasteiger partial charge in [-0.1, -0.05) is 151 Å². The first-order chi connectivity index (χ1) is 28.6. The lowest BCUT2D eigenvalue weighted by Gasteiger charge is -2.26. The molecule has 2 nitrogen and oxygen atoms in total. The van der Waals surface area contributed by atoms with Crippen LogP contribution in [0.1, 0.15) is 11.1 Å². The highest BCUT2D eigenvalue weighted by Gasteiger charge is 2.15. The van der Waals surface area contributed by atoms with E-state index in [0.717, 1.165) is 22.7 Å². The van der Waals surface area contributed by atoms with Crippen LogP contribution in [0.15, 0.2) is 218 Å². The fourth-order valence-corrected chi connectivity index (χ4v) is 8.53. The lowest BCUT2D eigenvalue weighted by molar-refractivity contribution is 1.18. The van der Waals surface area contributed by atoms with Gasteiger partial charge in [0.1, 0.15) is 0 Å². The lowest BCUT2D eigenvalue weighted by atomic mass is 9.92. The molecule has 1 aromatic heterocycles. The second-order valence-electron chi connectivity index (χ2n) is 15.2. The van der Waals surface area contributed by atoms with Gasteiger partial charge in [-0.05, 0) is 137 Å². The van der Waals surface area contributed by atoms with Gasteiger partial charge in [-0.3, -0.25) is 0 Å². The summed E-state index contributed by atoms with van der Waals surface area (Å²) >= 11 is 0. The van der Waals surface area contributed by atoms with Gasteiger partial charge in [0.15, 0.2) is 0 Å². The smallest absolute Gasteiger partial charge is 0.0541 e. The summed E-state index contributed by atoms with van der Waals surface area (Å²) in [5.74, 6) is 0. The van der Waals surface area contributed by atoms with Crippen LogP contribution in [0, 0.1) is 13.8 Å². The zero-order valence-electron chi connectivity index (χ0n) is 32.7. The molecule has 0 aliphatic heterocycles. The quantitative estimate of drug-likeness (QED) is 0.150. The molecular weight excluding hydrogens is 701 g/mol. The zero-order chi connectivity index (χ0) is 39.0. The highest BCUT2D eigenvalue weighted by Crippen LogP contribution is 2.39. The van der Waals surface area contributed by atoms with Crippen LogP contribution in [0.5, 0.6) is 0 Å². The molecule has 0 fully saturated rings. The molecule has 0 aliphatic rings. The standard InChI is InChI=1S/C56H42N2/c1-39-33-40(2)35-45(34-39)48-37-46(41-13-5-3-6-14-41)36-47(38-48)44-25-29-51(30-26-44)57(49-15-7-4-8-16-49)50-27-21-42(22-28-50)43-23-31-52(32-24-43)58-55-19-11-9-17-53(55)54-18-10-12-20-56(54)58/h3-38H,1-2H3. The highest BCUT2D eigenvalue weighted by atomic mass is 15.1. The van der Waals surface area contributed by atoms with Gasteiger partial charge in [-0.2, -0.15) is 0 Å². The molecule has 0 spiro atoms. The molecule has 0 unspecified atom stereocenters. The van der Waals surface area contributed by atoms with E-state index >= 15 is 0 Å². The molecule has 0 aliphatic carbocycles. The van der Waals surface area contributed by atoms with Crippen molar-refractivity contribution in [3.05, 3.63) is 230 Å². The first kappa shape index (κ1) is 35.0. The molecule has 0 saturated carbocycles. The Morgan fingerprint density at radius 3 is 1.17 bits per heavy atom. The normalized spacial score (nSPS) is 11.3. The molecule has 58 heavy (non-hydrogen) atoms. The number of rotatable bonds is 8. The van der Waals surface area contributed by atoms with Crippen molar-refractivity contribution < 1.29 is 0 Å². The summed E-state index contributed by atoms with van der Waals surface area (Å²) in [7, 11) is 0. The van der Waals surface area contributed by atoms with Crippen molar-refractivity contribution in [3.8, 4) is 50.2 Å². The van der Waals surface area contributed by atoms with Crippen LogP contribution in [-0.4, -0.2) is 4.57 Å². The third-order valence-corrected chi connectivity index (χ3v) is 11.2. The van der Waals surface area contributed by atoms with Crippen LogP contribution in [0.25, 0.3) is 72.0 Å². The molecule has 0 N–H and O–H groups in total. The number of para-hydroxylation sites is 3. The zero-order valence-corrected chi connectivity index (χ0v) is 32.7. The van der Waals surface area contributed by atoms with Crippen molar-refractivity contribution >= 4 is 38.9 Å². The van der Waals surface area contributed by atoms with Crippen molar-refractivity contribution in [2.75, 3.05) is 4.90 Å². The summed E-state index contributed by atoms with van der Waals surface area (Å²) in [5.41, 5.74) is 19.1. The Kier molecular flexibility index (Phi) is 9.01. The molecule has 0 saturated heterocycles. The van der Waals surface area contributed by atoms with Crippen molar-refractivity contribution in [2.45, 2.75) is 13.8 Å². The van der Waals surface area contributed by atoms with E-state index in [1.165, 1.54) is 77.4 Å². The number of hydrogen-bond donors (Lipinski definition) is 0. The average molecular weight is 743 g/mol. The Morgan fingerprint density at radius 1 is 0.293 bits per heavy atom. The summed E-state index contributed by atoms with van der Waals surface area (Å²) in [6.45, 7) is 4.35. The first-order valence-electron chi connectivity index (χ1n) is 20.0. The average Bonchev–Trinajstić information content (AvgIpc) is 3.62. The number of nitrogens with zero attached hydrogens (tertiary/aromatic N) is 2. The minimum atomic E-state index is 1.10. The van der Waals surface area contributed by atoms with E-state index in [2.05, 4.69) is 242 Å². The third kappa shape index (κ3) is 6.65. The number of anilines is 3. The molecule has 276 valence electrons. The van der Waals surface area contributed by atoms with E-state index in [-0.39, 0.29) is 0 Å². The second kappa shape index (κ2) is 14.9. The molecule has 0 amide bonds. The van der Waals surface area contributed by atoms with E-state index < -0.39 is 0 Å². The van der Waals surface area contributed by atoms with E-state index in [1.54, 1.807) is 0 Å². The van der Waals surface area contributed by atoms with Gasteiger partial charge >= 0.3 is 0 Å². The largest absolute Gasteiger partial charge is 0.311 e. The van der Waals surface area contributed by atoms with Crippen molar-refractivity contribution in [1.82, 2.24) is 4.57 Å². The number of fused-ring (bicyclic) bond motifs is 3. The van der Waals surface area contributed by atoms with E-state index in [0.29, 0.717) is 0 Å². The van der Waals surface area contributed by atoms with Crippen LogP contribution in [0.2, 0.25) is 0 Å². The van der Waals surface area contributed by atoms with Crippen LogP contribution in [0.3, 0.4) is 0 Å². The van der Waals surface area contributed by atoms with Crippen molar-refractivity contribution in [1.29, 1.82) is 0 Å². The molecular formula is C56H42N2. The molecule has 10 aromatic rings. The molecule has 10 rings (SSSR count). The van der Waals surface area contributed by atoms with Crippen LogP contribution < -0.4 is 4.90 Å². The Morgan fingerprint density at radius 2 is 0.655 bits per heavy atom. The first-order valence-corrected chi connectivity index (χ1v) is 20.0. The second-order valence-corrected chi connectivity index (χ2v) is 15.2. The predicted molar refractivity (Wildman–Crippen MR) is 247 cm³/mol. The summed E-state index contributed by atoms with van der Waals surface area (Å²) in [6, 6.07) is 79.3. The van der Waals surface area contributed by atoms with Crippen LogP contribution in [-0.2, 0) is 0 Å². The van der Waals surface area contributed by atoms with Crippen molar-refractivity contribution in [2.24, 2.45) is 0 Å². The van der Waals surface area contributed by atoms with E-state index in [4.69, 9.17) is 0 Å². The fourth-order valence-electron chi connectivity index (χ4n) is 8.53. The Labute approximate surface area is 340 Å². The summed E-state index contributed by atoms with van der Waals surface area (Å²) in [4.78, 5) is 2.33. The summed E-state index contributed by atoms with van der Waals surface area (Å²) in [6.07, 6.45) is 0. The Hall–Kier alpha value is -7.42. The molecule has 2 heteroatoms. The number of aromatic nitrogens is 1. The summed E-state index contributed by atoms with van der Waals surface area (Å²) < 4.78 is 2.37. The van der Waals surface area contributed by atoms with E-state index in [1.807, 2.05) is 0 Å². The van der Waals surface area contributed by atoms with Gasteiger partial charge < -0.3 is 9.47 Å². The maximum absolute atomic E-state index is 2.37. The molecule has 0 radical (unpaired) electrons. The topological polar surface area (TPSA) is 8.17 Å². The maximum Gasteiger partial charge on any atom is 0.0541 e. The highest BCUT2D eigenvalue weighted by molar-refractivity contribution is 6.09. The van der Waals surface area contributed by atoms with Gasteiger partial charge in [0.25, 0.3) is 0 Å². The van der Waals surface area contributed by atoms with Gasteiger partial charge in [0.2, 0.25) is 0 Å². The van der Waals surface area contributed by atoms with Crippen molar-refractivity contribution in [3.63, 3.8) is 0 Å². The molecule has 0 bridgehead atoms. The van der Waals surface area contributed by atoms with Gasteiger partial charge in [-0.15, -0.1) is 0 Å². The number of benzene rings is 9. The molecule has 1 heterocycles. The van der Waals surface area contributed by atoms with E-state index in [9.17, 15) is 0 Å². The minimum absolute atomic E-state index is 1.10. The van der Waals surface area contributed by atoms with Gasteiger partial charge in [0, 0.05) is 33.5 Å². The predicted octanol–water partition coefficient (Wildman–Crippen LogP) is 15.5. The molecule has 0 atom stereocenters.